The van der Waals surface area contributed by atoms with Crippen molar-refractivity contribution in [2.45, 2.75) is 125 Å². The lowest BCUT2D eigenvalue weighted by molar-refractivity contribution is -0.441. The molecule has 19 nitrogen and oxygen atoms in total. The molecule has 67 heavy (non-hydrogen) atoms. The van der Waals surface area contributed by atoms with Gasteiger partial charge in [0, 0.05) is 80.3 Å². The zero-order valence-electron chi connectivity index (χ0n) is 39.1. The van der Waals surface area contributed by atoms with E-state index in [1.165, 1.54) is 31.4 Å². The number of ether oxygens (including phenoxy) is 3. The summed E-state index contributed by atoms with van der Waals surface area (Å²) in [6.45, 7) is 12.3. The van der Waals surface area contributed by atoms with Gasteiger partial charge in [0.15, 0.2) is 12.3 Å². The molecule has 3 N–H and O–H groups in total. The Hall–Kier alpha value is -4.39. The Morgan fingerprint density at radius 3 is 1.99 bits per heavy atom. The van der Waals surface area contributed by atoms with Gasteiger partial charge in [-0.05, 0) is 116 Å². The monoisotopic (exact) mass is 996 g/mol. The lowest BCUT2D eigenvalue weighted by Gasteiger charge is -2.42. The number of amides is 2. The van der Waals surface area contributed by atoms with Crippen molar-refractivity contribution in [3.05, 3.63) is 71.5 Å². The predicted octanol–water partition coefficient (Wildman–Crippen LogP) is 5.46. The van der Waals surface area contributed by atoms with E-state index in [-0.39, 0.29) is 68.1 Å². The highest BCUT2D eigenvalue weighted by atomic mass is 32.2. The molecule has 0 radical (unpaired) electrons. The van der Waals surface area contributed by atoms with Gasteiger partial charge in [0.05, 0.1) is 33.0 Å². The fourth-order valence-electron chi connectivity index (χ4n) is 8.99. The van der Waals surface area contributed by atoms with Crippen molar-refractivity contribution >= 4 is 65.2 Å². The summed E-state index contributed by atoms with van der Waals surface area (Å²) in [4.78, 5) is 42.9. The molecule has 22 heteroatoms. The highest BCUT2D eigenvalue weighted by molar-refractivity contribution is 7.86. The molecule has 2 amide bonds. The molecule has 1 fully saturated rings. The summed E-state index contributed by atoms with van der Waals surface area (Å²) in [6, 6.07) is 8.61. The van der Waals surface area contributed by atoms with Crippen LogP contribution in [-0.2, 0) is 74.6 Å². The molecular formula is C45H62N3O16S3+. The number of nitrogens with zero attached hydrogens (tertiary/aromatic N) is 3. The van der Waals surface area contributed by atoms with Gasteiger partial charge in [-0.2, -0.15) is 29.8 Å². The molecule has 3 heterocycles. The number of hydrogen-bond donors (Lipinski definition) is 3. The second kappa shape index (κ2) is 20.3. The molecule has 0 spiro atoms. The first-order valence-electron chi connectivity index (χ1n) is 21.7. The number of hydrogen-bond acceptors (Lipinski definition) is 14. The summed E-state index contributed by atoms with van der Waals surface area (Å²) >= 11 is 0. The number of fused-ring (bicyclic) bond motifs is 2. The van der Waals surface area contributed by atoms with Gasteiger partial charge in [-0.25, -0.2) is 4.79 Å². The van der Waals surface area contributed by atoms with Crippen LogP contribution in [-0.4, -0.2) is 130 Å². The first kappa shape index (κ1) is 53.6. The minimum Gasteiger partial charge on any atom is -0.385 e. The molecule has 3 aliphatic heterocycles. The van der Waals surface area contributed by atoms with Gasteiger partial charge in [0.25, 0.3) is 42.2 Å². The normalized spacial score (nSPS) is 21.0. The predicted molar refractivity (Wildman–Crippen MR) is 246 cm³/mol. The van der Waals surface area contributed by atoms with Crippen molar-refractivity contribution in [1.82, 2.24) is 5.06 Å². The van der Waals surface area contributed by atoms with E-state index < -0.39 is 75.9 Å². The van der Waals surface area contributed by atoms with E-state index in [1.54, 1.807) is 39.2 Å². The van der Waals surface area contributed by atoms with Crippen LogP contribution < -0.4 is 4.90 Å². The van der Waals surface area contributed by atoms with Gasteiger partial charge in [-0.3, -0.25) is 23.2 Å². The van der Waals surface area contributed by atoms with Crippen LogP contribution in [0.15, 0.2) is 70.1 Å². The zero-order chi connectivity index (χ0) is 50.0. The summed E-state index contributed by atoms with van der Waals surface area (Å²) in [6.07, 6.45) is 6.40. The molecule has 2 unspecified atom stereocenters. The van der Waals surface area contributed by atoms with Crippen LogP contribution in [0.25, 0.3) is 0 Å². The number of allylic oxidation sites excluding steroid dienone is 4. The van der Waals surface area contributed by atoms with E-state index in [9.17, 15) is 53.3 Å². The number of carbonyl (C=O) groups excluding carboxylic acids is 3. The standard InChI is InChI=1S/C45H61N3O16S3/c1-42(2,22-26-63-43(3,4)21-19-41(51)64-48-39(49)17-18-40(48)50)47-36-16-14-32(67(58,59)60)30-34(36)45(6,23-25-61-7)38(47)12-9-11-37-44(5,20-10-28-65(52,53)54)33-29-31(66(55,56)57)13-15-35(33)46(37)24-27-62-8/h9,11-16,29-30H,10,17-28H2,1-8H3,(H2-,52,53,54,55,56,57,58,59,60)/p+1. The third kappa shape index (κ3) is 12.3. The average molecular weight is 997 g/mol. The van der Waals surface area contributed by atoms with Crippen LogP contribution >= 0.6 is 0 Å². The van der Waals surface area contributed by atoms with Gasteiger partial charge in [-0.1, -0.05) is 6.08 Å². The van der Waals surface area contributed by atoms with E-state index in [0.717, 1.165) is 0 Å². The minimum absolute atomic E-state index is 0.00648. The Kier molecular flexibility index (Phi) is 16.2. The molecule has 2 aromatic carbocycles. The van der Waals surface area contributed by atoms with Crippen LogP contribution in [0.5, 0.6) is 0 Å². The van der Waals surface area contributed by atoms with Crippen LogP contribution in [0.4, 0.5) is 11.4 Å². The van der Waals surface area contributed by atoms with Crippen molar-refractivity contribution < 1.29 is 76.9 Å². The molecule has 0 aromatic heterocycles. The molecule has 0 aliphatic carbocycles. The largest absolute Gasteiger partial charge is 0.385 e. The molecule has 1 saturated heterocycles. The van der Waals surface area contributed by atoms with Crippen molar-refractivity contribution in [2.75, 3.05) is 51.2 Å². The fraction of sp³-hybridized carbons (Fsp3) is 0.556. The molecule has 3 aliphatic rings. The first-order chi connectivity index (χ1) is 31.0. The highest BCUT2D eigenvalue weighted by Crippen LogP contribution is 2.54. The maximum absolute atomic E-state index is 12.6. The second-order valence-electron chi connectivity index (χ2n) is 18.6. The molecule has 5 rings (SSSR count). The quantitative estimate of drug-likeness (QED) is 0.0709. The van der Waals surface area contributed by atoms with Gasteiger partial charge < -0.3 is 23.9 Å². The topological polar surface area (TPSA) is 261 Å². The zero-order valence-corrected chi connectivity index (χ0v) is 41.6. The Morgan fingerprint density at radius 2 is 1.40 bits per heavy atom. The van der Waals surface area contributed by atoms with Gasteiger partial charge in [0.2, 0.25) is 5.69 Å². The number of imide groups is 1. The summed E-state index contributed by atoms with van der Waals surface area (Å²) in [5.74, 6) is -2.46. The molecule has 2 aromatic rings. The second-order valence-corrected chi connectivity index (χ2v) is 23.0. The Morgan fingerprint density at radius 1 is 0.806 bits per heavy atom. The number of methoxy groups -OCH3 is 2. The number of benzene rings is 2. The average Bonchev–Trinajstić information content (AvgIpc) is 3.76. The number of carbonyl (C=O) groups is 3. The van der Waals surface area contributed by atoms with E-state index in [4.69, 9.17) is 19.0 Å². The maximum atomic E-state index is 12.6. The van der Waals surface area contributed by atoms with Gasteiger partial charge in [-0.15, -0.1) is 5.06 Å². The summed E-state index contributed by atoms with van der Waals surface area (Å²) < 4.78 is 123. The van der Waals surface area contributed by atoms with E-state index in [1.807, 2.05) is 44.4 Å². The highest BCUT2D eigenvalue weighted by Gasteiger charge is 2.50. The van der Waals surface area contributed by atoms with Crippen molar-refractivity contribution in [3.63, 3.8) is 0 Å². The molecule has 370 valence electrons. The van der Waals surface area contributed by atoms with Crippen molar-refractivity contribution in [1.29, 1.82) is 0 Å². The van der Waals surface area contributed by atoms with Crippen LogP contribution in [0.3, 0.4) is 0 Å². The lowest BCUT2D eigenvalue weighted by atomic mass is 9.75. The van der Waals surface area contributed by atoms with Gasteiger partial charge in [0.1, 0.15) is 6.61 Å². The molecule has 2 atom stereocenters. The molecule has 0 bridgehead atoms. The lowest BCUT2D eigenvalue weighted by Crippen LogP contribution is -2.45. The Balaban J connectivity index is 1.57. The number of rotatable bonds is 23. The van der Waals surface area contributed by atoms with E-state index in [2.05, 4.69) is 4.90 Å². The summed E-state index contributed by atoms with van der Waals surface area (Å²) in [7, 11) is -10.6. The molecule has 0 saturated carbocycles. The van der Waals surface area contributed by atoms with E-state index in [0.29, 0.717) is 58.4 Å². The number of anilines is 1. The van der Waals surface area contributed by atoms with Crippen molar-refractivity contribution in [3.8, 4) is 0 Å². The SMILES string of the molecule is COCC[N+]1=C(C=CC=C2N(C(C)(C)CCOC(C)(C)CCC(=O)ON3C(=O)CCC3=O)c3ccc(S(=O)(=O)O)cc3C2(C)CCOC)C(C)(CCCS(=O)(=O)O)c2cc(S(=O)(=O)O)ccc21. The third-order valence-electron chi connectivity index (χ3n) is 12.8. The van der Waals surface area contributed by atoms with Crippen LogP contribution in [0.1, 0.15) is 104 Å². The van der Waals surface area contributed by atoms with Gasteiger partial charge >= 0.3 is 5.97 Å². The smallest absolute Gasteiger partial charge is 0.333 e. The maximum Gasteiger partial charge on any atom is 0.333 e. The Labute approximate surface area is 393 Å². The minimum atomic E-state index is -4.64. The molecular weight excluding hydrogens is 935 g/mol. The Bertz CT molecular complexity index is 2680. The third-order valence-corrected chi connectivity index (χ3v) is 15.3. The summed E-state index contributed by atoms with van der Waals surface area (Å²) in [5.41, 5.74) is 0.0606. The summed E-state index contributed by atoms with van der Waals surface area (Å²) in [5, 5.41) is 0.504. The van der Waals surface area contributed by atoms with Crippen LogP contribution in [0.2, 0.25) is 0 Å². The van der Waals surface area contributed by atoms with E-state index >= 15 is 0 Å². The fourth-order valence-corrected chi connectivity index (χ4v) is 10.5. The number of hydroxylamine groups is 2. The van der Waals surface area contributed by atoms with Crippen molar-refractivity contribution in [2.24, 2.45) is 0 Å². The first-order valence-corrected chi connectivity index (χ1v) is 26.2. The van der Waals surface area contributed by atoms with Crippen LogP contribution in [0, 0.1) is 0 Å².